The Kier molecular flexibility index (Phi) is 7.56. The Labute approximate surface area is 147 Å². The van der Waals surface area contributed by atoms with Crippen LogP contribution < -0.4 is 9.84 Å². The standard InChI is InChI=1S/C14H18NO10P/c16-10-7-8(4-5-11(10)25-26(22,23)24)6-9(14(20)21)15-12(17)2-1-3-13(18)19/h4-5,7,9,16H,1-3,6H2,(H,15,17)(H,18,19)(H,20,21)(H2,22,23,24)/t9-/m0/s1. The Balaban J connectivity index is 2.74. The van der Waals surface area contributed by atoms with Crippen LogP contribution in [0.25, 0.3) is 0 Å². The fourth-order valence-electron chi connectivity index (χ4n) is 2.00. The SMILES string of the molecule is O=C(O)CCCC(=O)N[C@@H](Cc1ccc(OP(=O)(O)O)c(O)c1)C(=O)O. The first-order valence-electron chi connectivity index (χ1n) is 7.29. The number of phosphoric ester groups is 1. The summed E-state index contributed by atoms with van der Waals surface area (Å²) in [6, 6.07) is 2.05. The van der Waals surface area contributed by atoms with Gasteiger partial charge in [0.15, 0.2) is 11.5 Å². The Morgan fingerprint density at radius 2 is 1.81 bits per heavy atom. The molecule has 1 amide bonds. The molecule has 6 N–H and O–H groups in total. The highest BCUT2D eigenvalue weighted by atomic mass is 31.2. The molecule has 1 aromatic rings. The smallest absolute Gasteiger partial charge is 0.504 e. The van der Waals surface area contributed by atoms with Crippen LogP contribution >= 0.6 is 7.82 Å². The molecule has 1 rings (SSSR count). The molecular weight excluding hydrogens is 373 g/mol. The van der Waals surface area contributed by atoms with E-state index in [0.717, 1.165) is 12.1 Å². The van der Waals surface area contributed by atoms with Crippen molar-refractivity contribution in [2.45, 2.75) is 31.7 Å². The molecular formula is C14H18NO10P. The van der Waals surface area contributed by atoms with Crippen LogP contribution in [-0.4, -0.2) is 49.0 Å². The number of carboxylic acids is 2. The van der Waals surface area contributed by atoms with Gasteiger partial charge in [-0.3, -0.25) is 19.4 Å². The predicted octanol–water partition coefficient (Wildman–Crippen LogP) is 0.230. The van der Waals surface area contributed by atoms with Gasteiger partial charge in [-0.1, -0.05) is 6.07 Å². The van der Waals surface area contributed by atoms with Gasteiger partial charge < -0.3 is 25.2 Å². The van der Waals surface area contributed by atoms with E-state index in [1.54, 1.807) is 0 Å². The normalized spacial score (nSPS) is 12.2. The lowest BCUT2D eigenvalue weighted by atomic mass is 10.0. The second-order valence-electron chi connectivity index (χ2n) is 5.29. The molecule has 26 heavy (non-hydrogen) atoms. The number of phenols is 1. The molecule has 0 spiro atoms. The van der Waals surface area contributed by atoms with Gasteiger partial charge in [0.25, 0.3) is 0 Å². The summed E-state index contributed by atoms with van der Waals surface area (Å²) >= 11 is 0. The molecule has 0 saturated heterocycles. The summed E-state index contributed by atoms with van der Waals surface area (Å²) in [7, 11) is -4.86. The van der Waals surface area contributed by atoms with Gasteiger partial charge in [0.05, 0.1) is 0 Å². The van der Waals surface area contributed by atoms with E-state index >= 15 is 0 Å². The number of phosphoric acid groups is 1. The Morgan fingerprint density at radius 3 is 2.31 bits per heavy atom. The third-order valence-corrected chi connectivity index (χ3v) is 3.54. The minimum Gasteiger partial charge on any atom is -0.504 e. The minimum atomic E-state index is -4.86. The highest BCUT2D eigenvalue weighted by molar-refractivity contribution is 7.46. The Bertz CT molecular complexity index is 728. The highest BCUT2D eigenvalue weighted by Crippen LogP contribution is 2.41. The third kappa shape index (κ3) is 7.97. The first-order valence-corrected chi connectivity index (χ1v) is 8.82. The number of benzene rings is 1. The first-order chi connectivity index (χ1) is 12.0. The van der Waals surface area contributed by atoms with Crippen molar-refractivity contribution in [1.29, 1.82) is 0 Å². The molecule has 0 heterocycles. The van der Waals surface area contributed by atoms with E-state index in [9.17, 15) is 29.2 Å². The molecule has 0 fully saturated rings. The van der Waals surface area contributed by atoms with Crippen LogP contribution in [-0.2, 0) is 25.4 Å². The van der Waals surface area contributed by atoms with Gasteiger partial charge in [-0.25, -0.2) is 9.36 Å². The number of carboxylic acid groups (broad SMARTS) is 2. The zero-order valence-electron chi connectivity index (χ0n) is 13.4. The summed E-state index contributed by atoms with van der Waals surface area (Å²) in [5.41, 5.74) is 0.263. The van der Waals surface area contributed by atoms with Crippen LogP contribution in [0.4, 0.5) is 0 Å². The number of hydrogen-bond donors (Lipinski definition) is 6. The molecule has 0 aliphatic rings. The van der Waals surface area contributed by atoms with Crippen LogP contribution in [0.2, 0.25) is 0 Å². The van der Waals surface area contributed by atoms with E-state index in [2.05, 4.69) is 9.84 Å². The number of carbonyl (C=O) groups is 3. The molecule has 0 bridgehead atoms. The third-order valence-electron chi connectivity index (χ3n) is 3.11. The molecule has 1 aromatic carbocycles. The van der Waals surface area contributed by atoms with Crippen molar-refractivity contribution >= 4 is 25.7 Å². The number of aromatic hydroxyl groups is 1. The second-order valence-corrected chi connectivity index (χ2v) is 6.46. The van der Waals surface area contributed by atoms with E-state index in [4.69, 9.17) is 14.9 Å². The van der Waals surface area contributed by atoms with Gasteiger partial charge in [0, 0.05) is 19.3 Å². The van der Waals surface area contributed by atoms with Crippen molar-refractivity contribution in [3.05, 3.63) is 23.8 Å². The van der Waals surface area contributed by atoms with Crippen LogP contribution in [0.5, 0.6) is 11.5 Å². The number of amides is 1. The summed E-state index contributed by atoms with van der Waals surface area (Å²) < 4.78 is 15.0. The first kappa shape index (κ1) is 21.4. The van der Waals surface area contributed by atoms with E-state index in [1.165, 1.54) is 6.07 Å². The maximum absolute atomic E-state index is 11.7. The number of nitrogens with one attached hydrogen (secondary N) is 1. The number of rotatable bonds is 10. The monoisotopic (exact) mass is 391 g/mol. The summed E-state index contributed by atoms with van der Waals surface area (Å²) in [5.74, 6) is -4.13. The van der Waals surface area contributed by atoms with Crippen LogP contribution in [0, 0.1) is 0 Å². The molecule has 0 saturated carbocycles. The molecule has 11 nitrogen and oxygen atoms in total. The fourth-order valence-corrected chi connectivity index (χ4v) is 2.41. The average Bonchev–Trinajstić information content (AvgIpc) is 2.47. The quantitative estimate of drug-likeness (QED) is 0.301. The van der Waals surface area contributed by atoms with Crippen LogP contribution in [0.3, 0.4) is 0 Å². The van der Waals surface area contributed by atoms with Gasteiger partial charge in [-0.05, 0) is 24.1 Å². The molecule has 0 aliphatic heterocycles. The number of aliphatic carboxylic acids is 2. The highest BCUT2D eigenvalue weighted by Gasteiger charge is 2.22. The molecule has 1 atom stereocenters. The second kappa shape index (κ2) is 9.18. The topological polar surface area (TPSA) is 191 Å². The van der Waals surface area contributed by atoms with Crippen molar-refractivity contribution in [3.63, 3.8) is 0 Å². The Hall–Kier alpha value is -2.62. The van der Waals surface area contributed by atoms with Crippen molar-refractivity contribution in [2.24, 2.45) is 0 Å². The number of phenolic OH excluding ortho intramolecular Hbond substituents is 1. The summed E-state index contributed by atoms with van der Waals surface area (Å²) in [6.07, 6.45) is -0.539. The van der Waals surface area contributed by atoms with Crippen molar-refractivity contribution in [3.8, 4) is 11.5 Å². The summed E-state index contributed by atoms with van der Waals surface area (Å²) in [4.78, 5) is 50.7. The molecule has 0 aliphatic carbocycles. The lowest BCUT2D eigenvalue weighted by Crippen LogP contribution is -2.42. The van der Waals surface area contributed by atoms with E-state index in [-0.39, 0.29) is 31.2 Å². The lowest BCUT2D eigenvalue weighted by Gasteiger charge is -2.15. The summed E-state index contributed by atoms with van der Waals surface area (Å²) in [6.45, 7) is 0. The fraction of sp³-hybridized carbons (Fsp3) is 0.357. The Morgan fingerprint density at radius 1 is 1.15 bits per heavy atom. The average molecular weight is 391 g/mol. The number of hydrogen-bond acceptors (Lipinski definition) is 6. The van der Waals surface area contributed by atoms with Gasteiger partial charge in [0.1, 0.15) is 6.04 Å². The van der Waals surface area contributed by atoms with Gasteiger partial charge in [-0.2, -0.15) is 0 Å². The molecule has 0 aromatic heterocycles. The van der Waals surface area contributed by atoms with Gasteiger partial charge >= 0.3 is 19.8 Å². The van der Waals surface area contributed by atoms with E-state index < -0.39 is 43.2 Å². The zero-order chi connectivity index (χ0) is 19.9. The van der Waals surface area contributed by atoms with Gasteiger partial charge in [-0.15, -0.1) is 0 Å². The number of carbonyl (C=O) groups excluding carboxylic acids is 1. The zero-order valence-corrected chi connectivity index (χ0v) is 14.3. The van der Waals surface area contributed by atoms with Crippen LogP contribution in [0.15, 0.2) is 18.2 Å². The maximum atomic E-state index is 11.7. The van der Waals surface area contributed by atoms with Crippen molar-refractivity contribution in [2.75, 3.05) is 0 Å². The predicted molar refractivity (Wildman–Crippen MR) is 85.5 cm³/mol. The van der Waals surface area contributed by atoms with E-state index in [0.29, 0.717) is 0 Å². The molecule has 144 valence electrons. The molecule has 0 unspecified atom stereocenters. The molecule has 0 radical (unpaired) electrons. The van der Waals surface area contributed by atoms with E-state index in [1.807, 2.05) is 0 Å². The lowest BCUT2D eigenvalue weighted by molar-refractivity contribution is -0.142. The van der Waals surface area contributed by atoms with Gasteiger partial charge in [0.2, 0.25) is 5.91 Å². The van der Waals surface area contributed by atoms with Crippen molar-refractivity contribution < 1.29 is 48.6 Å². The van der Waals surface area contributed by atoms with Crippen LogP contribution in [0.1, 0.15) is 24.8 Å². The maximum Gasteiger partial charge on any atom is 0.524 e. The largest absolute Gasteiger partial charge is 0.524 e. The summed E-state index contributed by atoms with van der Waals surface area (Å²) in [5, 5.41) is 29.6. The van der Waals surface area contributed by atoms with Crippen molar-refractivity contribution in [1.82, 2.24) is 5.32 Å². The molecule has 12 heteroatoms. The minimum absolute atomic E-state index is 0.0582.